The van der Waals surface area contributed by atoms with Crippen LogP contribution in [0.15, 0.2) is 30.5 Å². The highest BCUT2D eigenvalue weighted by Crippen LogP contribution is 2.17. The summed E-state index contributed by atoms with van der Waals surface area (Å²) < 4.78 is 10.3. The summed E-state index contributed by atoms with van der Waals surface area (Å²) in [6.07, 6.45) is 1.87. The lowest BCUT2D eigenvalue weighted by atomic mass is 10.1. The minimum absolute atomic E-state index is 0.000278. The number of H-pyrrole nitrogens is 1. The first-order chi connectivity index (χ1) is 10.2. The molecule has 5 heteroatoms. The average molecular weight is 290 g/mol. The van der Waals surface area contributed by atoms with E-state index in [1.54, 1.807) is 19.1 Å². The van der Waals surface area contributed by atoms with Gasteiger partial charge < -0.3 is 19.4 Å². The number of rotatable bonds is 7. The number of nitrogens with one attached hydrogen (secondary N) is 1. The summed E-state index contributed by atoms with van der Waals surface area (Å²) in [5, 5.41) is 1.03. The molecule has 1 amide bonds. The topological polar surface area (TPSA) is 54.6 Å². The molecule has 1 unspecified atom stereocenters. The van der Waals surface area contributed by atoms with Gasteiger partial charge in [-0.1, -0.05) is 0 Å². The molecule has 2 aromatic rings. The van der Waals surface area contributed by atoms with E-state index in [9.17, 15) is 4.79 Å². The van der Waals surface area contributed by atoms with Crippen LogP contribution < -0.4 is 0 Å². The van der Waals surface area contributed by atoms with Crippen LogP contribution in [0.25, 0.3) is 10.9 Å². The number of aromatic nitrogens is 1. The van der Waals surface area contributed by atoms with E-state index in [4.69, 9.17) is 9.47 Å². The molecule has 0 fully saturated rings. The van der Waals surface area contributed by atoms with Gasteiger partial charge in [0.1, 0.15) is 0 Å². The Morgan fingerprint density at radius 1 is 1.29 bits per heavy atom. The van der Waals surface area contributed by atoms with E-state index < -0.39 is 0 Å². The Balaban J connectivity index is 2.22. The molecule has 5 nitrogen and oxygen atoms in total. The maximum absolute atomic E-state index is 12.7. The lowest BCUT2D eigenvalue weighted by Gasteiger charge is -2.28. The molecule has 114 valence electrons. The van der Waals surface area contributed by atoms with Gasteiger partial charge >= 0.3 is 0 Å². The van der Waals surface area contributed by atoms with Gasteiger partial charge in [-0.25, -0.2) is 0 Å². The molecule has 21 heavy (non-hydrogen) atoms. The van der Waals surface area contributed by atoms with Crippen molar-refractivity contribution < 1.29 is 14.3 Å². The van der Waals surface area contributed by atoms with E-state index in [1.807, 2.05) is 37.4 Å². The first kappa shape index (κ1) is 15.5. The van der Waals surface area contributed by atoms with Crippen LogP contribution in [0, 0.1) is 0 Å². The van der Waals surface area contributed by atoms with Gasteiger partial charge in [0.05, 0.1) is 19.3 Å². The van der Waals surface area contributed by atoms with Gasteiger partial charge in [0.25, 0.3) is 5.91 Å². The minimum atomic E-state index is -0.000397. The number of methoxy groups -OCH3 is 2. The predicted octanol–water partition coefficient (Wildman–Crippen LogP) is 2.29. The van der Waals surface area contributed by atoms with Crippen LogP contribution >= 0.6 is 0 Å². The molecular weight excluding hydrogens is 268 g/mol. The third-order valence-electron chi connectivity index (χ3n) is 3.54. The summed E-state index contributed by atoms with van der Waals surface area (Å²) in [5.74, 6) is -0.000278. The van der Waals surface area contributed by atoms with E-state index >= 15 is 0 Å². The highest BCUT2D eigenvalue weighted by molar-refractivity contribution is 5.98. The zero-order valence-electron chi connectivity index (χ0n) is 12.8. The minimum Gasteiger partial charge on any atom is -0.383 e. The van der Waals surface area contributed by atoms with E-state index in [-0.39, 0.29) is 11.9 Å². The van der Waals surface area contributed by atoms with Gasteiger partial charge in [-0.15, -0.1) is 0 Å². The largest absolute Gasteiger partial charge is 0.383 e. The number of carbonyl (C=O) groups is 1. The number of hydrogen-bond donors (Lipinski definition) is 1. The highest BCUT2D eigenvalue weighted by Gasteiger charge is 2.21. The van der Waals surface area contributed by atoms with Crippen LogP contribution in [-0.2, 0) is 9.47 Å². The number of hydrogen-bond acceptors (Lipinski definition) is 3. The smallest absolute Gasteiger partial charge is 0.254 e. The normalized spacial score (nSPS) is 12.5. The van der Waals surface area contributed by atoms with Crippen molar-refractivity contribution in [1.29, 1.82) is 0 Å². The van der Waals surface area contributed by atoms with Crippen LogP contribution in [0.3, 0.4) is 0 Å². The van der Waals surface area contributed by atoms with Crippen molar-refractivity contribution in [2.75, 3.05) is 34.0 Å². The fourth-order valence-corrected chi connectivity index (χ4v) is 2.40. The number of carbonyl (C=O) groups excluding carboxylic acids is 1. The second-order valence-corrected chi connectivity index (χ2v) is 5.08. The van der Waals surface area contributed by atoms with Gasteiger partial charge in [-0.05, 0) is 31.2 Å². The van der Waals surface area contributed by atoms with E-state index in [0.29, 0.717) is 25.3 Å². The molecule has 1 N–H and O–H groups in total. The van der Waals surface area contributed by atoms with Crippen molar-refractivity contribution >= 4 is 16.8 Å². The second kappa shape index (κ2) is 7.24. The summed E-state index contributed by atoms with van der Waals surface area (Å²) in [6.45, 7) is 3.53. The molecule has 0 saturated carbocycles. The number of nitrogens with zero attached hydrogens (tertiary/aromatic N) is 1. The highest BCUT2D eigenvalue weighted by atomic mass is 16.5. The van der Waals surface area contributed by atoms with Gasteiger partial charge in [0.15, 0.2) is 0 Å². The van der Waals surface area contributed by atoms with Gasteiger partial charge in [0.2, 0.25) is 0 Å². The van der Waals surface area contributed by atoms with E-state index in [2.05, 4.69) is 4.98 Å². The monoisotopic (exact) mass is 290 g/mol. The predicted molar refractivity (Wildman–Crippen MR) is 82.5 cm³/mol. The third-order valence-corrected chi connectivity index (χ3v) is 3.54. The summed E-state index contributed by atoms with van der Waals surface area (Å²) in [7, 11) is 3.27. The van der Waals surface area contributed by atoms with Crippen LogP contribution in [-0.4, -0.2) is 55.8 Å². The number of ether oxygens (including phenoxy) is 2. The molecule has 1 aromatic heterocycles. The maximum Gasteiger partial charge on any atom is 0.254 e. The fraction of sp³-hybridized carbons (Fsp3) is 0.438. The molecule has 0 aliphatic heterocycles. The van der Waals surface area contributed by atoms with E-state index in [1.165, 1.54) is 0 Å². The number of aromatic amines is 1. The molecule has 0 saturated heterocycles. The molecule has 0 spiro atoms. The molecule has 0 bridgehead atoms. The number of benzene rings is 1. The van der Waals surface area contributed by atoms with Crippen LogP contribution in [0.1, 0.15) is 17.3 Å². The Hall–Kier alpha value is -1.85. The van der Waals surface area contributed by atoms with E-state index in [0.717, 1.165) is 10.9 Å². The summed E-state index contributed by atoms with van der Waals surface area (Å²) in [6, 6.07) is 7.65. The standard InChI is InChI=1S/C16H22N2O3/c1-12(11-21-3)18(8-9-20-2)16(19)14-4-5-15-13(10-14)6-7-17-15/h4-7,10,12,17H,8-9,11H2,1-3H3. The Labute approximate surface area is 124 Å². The Morgan fingerprint density at radius 3 is 2.81 bits per heavy atom. The van der Waals surface area contributed by atoms with Crippen molar-refractivity contribution in [3.05, 3.63) is 36.0 Å². The molecular formula is C16H22N2O3. The van der Waals surface area contributed by atoms with Crippen LogP contribution in [0.2, 0.25) is 0 Å². The molecule has 0 aliphatic rings. The number of amides is 1. The van der Waals surface area contributed by atoms with Crippen LogP contribution in [0.4, 0.5) is 0 Å². The van der Waals surface area contributed by atoms with Gasteiger partial charge in [-0.2, -0.15) is 0 Å². The molecule has 2 rings (SSSR count). The molecule has 1 heterocycles. The SMILES string of the molecule is COCCN(C(=O)c1ccc2[nH]ccc2c1)C(C)COC. The molecule has 1 aromatic carbocycles. The molecule has 1 atom stereocenters. The molecule has 0 radical (unpaired) electrons. The fourth-order valence-electron chi connectivity index (χ4n) is 2.40. The average Bonchev–Trinajstić information content (AvgIpc) is 2.95. The first-order valence-electron chi connectivity index (χ1n) is 7.03. The van der Waals surface area contributed by atoms with Crippen LogP contribution in [0.5, 0.6) is 0 Å². The quantitative estimate of drug-likeness (QED) is 0.851. The summed E-state index contributed by atoms with van der Waals surface area (Å²) in [4.78, 5) is 17.7. The Bertz CT molecular complexity index is 594. The molecule has 0 aliphatic carbocycles. The van der Waals surface area contributed by atoms with Crippen molar-refractivity contribution in [2.24, 2.45) is 0 Å². The Kier molecular flexibility index (Phi) is 5.36. The van der Waals surface area contributed by atoms with Crippen molar-refractivity contribution in [3.63, 3.8) is 0 Å². The summed E-state index contributed by atoms with van der Waals surface area (Å²) >= 11 is 0. The maximum atomic E-state index is 12.7. The summed E-state index contributed by atoms with van der Waals surface area (Å²) in [5.41, 5.74) is 1.71. The van der Waals surface area contributed by atoms with Crippen molar-refractivity contribution in [2.45, 2.75) is 13.0 Å². The first-order valence-corrected chi connectivity index (χ1v) is 7.03. The van der Waals surface area contributed by atoms with Crippen molar-refractivity contribution in [1.82, 2.24) is 9.88 Å². The zero-order chi connectivity index (χ0) is 15.2. The van der Waals surface area contributed by atoms with Gasteiger partial charge in [-0.3, -0.25) is 4.79 Å². The second-order valence-electron chi connectivity index (χ2n) is 5.08. The van der Waals surface area contributed by atoms with Gasteiger partial charge in [0, 0.05) is 43.4 Å². The lowest BCUT2D eigenvalue weighted by Crippen LogP contribution is -2.43. The third kappa shape index (κ3) is 3.62. The van der Waals surface area contributed by atoms with Crippen molar-refractivity contribution in [3.8, 4) is 0 Å². The zero-order valence-corrected chi connectivity index (χ0v) is 12.8. The lowest BCUT2D eigenvalue weighted by molar-refractivity contribution is 0.0479. The Morgan fingerprint density at radius 2 is 2.10 bits per heavy atom. The number of fused-ring (bicyclic) bond motifs is 1.